The van der Waals surface area contributed by atoms with Gasteiger partial charge in [0.25, 0.3) is 5.91 Å². The summed E-state index contributed by atoms with van der Waals surface area (Å²) in [6, 6.07) is 20.2. The van der Waals surface area contributed by atoms with Crippen LogP contribution in [0, 0.1) is 18.3 Å². The molecule has 0 saturated heterocycles. The number of carbonyl (C=O) groups is 1. The number of nitrogens with one attached hydrogen (secondary N) is 1. The van der Waals surface area contributed by atoms with Crippen molar-refractivity contribution >= 4 is 5.91 Å². The molecule has 0 bridgehead atoms. The molecule has 0 saturated carbocycles. The van der Waals surface area contributed by atoms with E-state index in [1.807, 2.05) is 72.4 Å². The van der Waals surface area contributed by atoms with Crippen LogP contribution in [0.4, 0.5) is 0 Å². The molecule has 3 rings (SSSR count). The number of amides is 1. The second kappa shape index (κ2) is 6.84. The topological polar surface area (TPSA) is 57.8 Å². The van der Waals surface area contributed by atoms with E-state index in [4.69, 9.17) is 0 Å². The van der Waals surface area contributed by atoms with Crippen molar-refractivity contribution in [1.29, 1.82) is 5.26 Å². The Labute approximate surface area is 141 Å². The van der Waals surface area contributed by atoms with Crippen molar-refractivity contribution in [3.63, 3.8) is 0 Å². The monoisotopic (exact) mass is 315 g/mol. The number of aryl methyl sites for hydroxylation is 1. The van der Waals surface area contributed by atoms with Crippen molar-refractivity contribution in [3.05, 3.63) is 89.7 Å². The largest absolute Gasteiger partial charge is 0.333 e. The maximum atomic E-state index is 12.4. The fourth-order valence-corrected chi connectivity index (χ4v) is 2.46. The number of aromatic nitrogens is 1. The van der Waals surface area contributed by atoms with Gasteiger partial charge >= 0.3 is 0 Å². The summed E-state index contributed by atoms with van der Waals surface area (Å²) < 4.78 is 1.96. The van der Waals surface area contributed by atoms with Gasteiger partial charge in [-0.3, -0.25) is 4.79 Å². The molecule has 1 heterocycles. The molecule has 4 nitrogen and oxygen atoms in total. The Hall–Kier alpha value is -3.32. The van der Waals surface area contributed by atoms with E-state index in [2.05, 4.69) is 11.4 Å². The quantitative estimate of drug-likeness (QED) is 0.796. The Morgan fingerprint density at radius 3 is 2.25 bits per heavy atom. The van der Waals surface area contributed by atoms with Gasteiger partial charge in [0.15, 0.2) is 0 Å². The van der Waals surface area contributed by atoms with Crippen molar-refractivity contribution in [1.82, 2.24) is 9.88 Å². The van der Waals surface area contributed by atoms with E-state index in [1.54, 1.807) is 12.1 Å². The van der Waals surface area contributed by atoms with Gasteiger partial charge in [0.2, 0.25) is 0 Å². The van der Waals surface area contributed by atoms with Crippen LogP contribution in [0.25, 0.3) is 5.69 Å². The molecule has 4 heteroatoms. The molecule has 1 amide bonds. The standard InChI is InChI=1S/C20H17N3O/c1-15-4-6-16(7-5-15)19(14-21)22-20(24)17-8-10-18(11-9-17)23-12-2-3-13-23/h2-13,19H,1H3,(H,22,24). The van der Waals surface area contributed by atoms with Crippen LogP contribution in [0.5, 0.6) is 0 Å². The van der Waals surface area contributed by atoms with E-state index in [9.17, 15) is 10.1 Å². The first-order chi connectivity index (χ1) is 11.7. The van der Waals surface area contributed by atoms with Crippen molar-refractivity contribution in [3.8, 4) is 11.8 Å². The molecule has 24 heavy (non-hydrogen) atoms. The van der Waals surface area contributed by atoms with E-state index in [-0.39, 0.29) is 5.91 Å². The number of benzene rings is 2. The Morgan fingerprint density at radius 1 is 1.04 bits per heavy atom. The van der Waals surface area contributed by atoms with Crippen molar-refractivity contribution in [2.24, 2.45) is 0 Å². The van der Waals surface area contributed by atoms with Gasteiger partial charge in [-0.15, -0.1) is 0 Å². The van der Waals surface area contributed by atoms with Crippen LogP contribution < -0.4 is 5.32 Å². The second-order valence-corrected chi connectivity index (χ2v) is 5.58. The molecule has 1 unspecified atom stereocenters. The minimum Gasteiger partial charge on any atom is -0.333 e. The highest BCUT2D eigenvalue weighted by Gasteiger charge is 2.15. The average Bonchev–Trinajstić information content (AvgIpc) is 3.15. The summed E-state index contributed by atoms with van der Waals surface area (Å²) in [6.45, 7) is 1.98. The molecule has 118 valence electrons. The molecule has 0 radical (unpaired) electrons. The van der Waals surface area contributed by atoms with E-state index < -0.39 is 6.04 Å². The fourth-order valence-electron chi connectivity index (χ4n) is 2.46. The minimum atomic E-state index is -0.665. The van der Waals surface area contributed by atoms with Gasteiger partial charge in [-0.2, -0.15) is 5.26 Å². The molecular formula is C20H17N3O. The van der Waals surface area contributed by atoms with Gasteiger partial charge in [0.05, 0.1) is 6.07 Å². The Kier molecular flexibility index (Phi) is 4.44. The van der Waals surface area contributed by atoms with Gasteiger partial charge in [0.1, 0.15) is 6.04 Å². The predicted octanol–water partition coefficient (Wildman–Crippen LogP) is 3.78. The highest BCUT2D eigenvalue weighted by Crippen LogP contribution is 2.15. The third kappa shape index (κ3) is 3.36. The molecule has 1 N–H and O–H groups in total. The zero-order chi connectivity index (χ0) is 16.9. The third-order valence-electron chi connectivity index (χ3n) is 3.85. The summed E-state index contributed by atoms with van der Waals surface area (Å²) in [5.74, 6) is -0.263. The minimum absolute atomic E-state index is 0.263. The van der Waals surface area contributed by atoms with Gasteiger partial charge in [-0.05, 0) is 48.9 Å². The van der Waals surface area contributed by atoms with Crippen LogP contribution in [0.3, 0.4) is 0 Å². The first-order valence-corrected chi connectivity index (χ1v) is 7.68. The maximum Gasteiger partial charge on any atom is 0.252 e. The SMILES string of the molecule is Cc1ccc(C(C#N)NC(=O)c2ccc(-n3cccc3)cc2)cc1. The van der Waals surface area contributed by atoms with Crippen molar-refractivity contribution in [2.45, 2.75) is 13.0 Å². The van der Waals surface area contributed by atoms with Gasteiger partial charge < -0.3 is 9.88 Å². The number of hydrogen-bond donors (Lipinski definition) is 1. The summed E-state index contributed by atoms with van der Waals surface area (Å²) in [5.41, 5.74) is 3.40. The Bertz CT molecular complexity index is 857. The zero-order valence-corrected chi connectivity index (χ0v) is 13.3. The Balaban J connectivity index is 1.74. The molecule has 0 aliphatic carbocycles. The number of nitriles is 1. The summed E-state index contributed by atoms with van der Waals surface area (Å²) in [4.78, 5) is 12.4. The average molecular weight is 315 g/mol. The lowest BCUT2D eigenvalue weighted by molar-refractivity contribution is 0.0945. The van der Waals surface area contributed by atoms with E-state index in [0.717, 1.165) is 16.8 Å². The lowest BCUT2D eigenvalue weighted by Crippen LogP contribution is -2.27. The highest BCUT2D eigenvalue weighted by molar-refractivity contribution is 5.94. The molecule has 0 fully saturated rings. The molecule has 0 aliphatic rings. The fraction of sp³-hybridized carbons (Fsp3) is 0.100. The van der Waals surface area contributed by atoms with Crippen molar-refractivity contribution < 1.29 is 4.79 Å². The summed E-state index contributed by atoms with van der Waals surface area (Å²) >= 11 is 0. The van der Waals surface area contributed by atoms with E-state index in [1.165, 1.54) is 0 Å². The maximum absolute atomic E-state index is 12.4. The van der Waals surface area contributed by atoms with E-state index in [0.29, 0.717) is 5.56 Å². The van der Waals surface area contributed by atoms with Crippen LogP contribution >= 0.6 is 0 Å². The number of hydrogen-bond acceptors (Lipinski definition) is 2. The lowest BCUT2D eigenvalue weighted by atomic mass is 10.1. The number of carbonyl (C=O) groups excluding carboxylic acids is 1. The summed E-state index contributed by atoms with van der Waals surface area (Å²) in [6.07, 6.45) is 3.89. The van der Waals surface area contributed by atoms with Gasteiger partial charge in [0, 0.05) is 23.6 Å². The molecular weight excluding hydrogens is 298 g/mol. The van der Waals surface area contributed by atoms with E-state index >= 15 is 0 Å². The second-order valence-electron chi connectivity index (χ2n) is 5.58. The van der Waals surface area contributed by atoms with Crippen LogP contribution in [-0.2, 0) is 0 Å². The molecule has 1 aromatic heterocycles. The third-order valence-corrected chi connectivity index (χ3v) is 3.85. The molecule has 1 atom stereocenters. The van der Waals surface area contributed by atoms with Gasteiger partial charge in [-0.25, -0.2) is 0 Å². The van der Waals surface area contributed by atoms with Crippen molar-refractivity contribution in [2.75, 3.05) is 0 Å². The predicted molar refractivity (Wildman–Crippen MR) is 92.8 cm³/mol. The van der Waals surface area contributed by atoms with Gasteiger partial charge in [-0.1, -0.05) is 29.8 Å². The van der Waals surface area contributed by atoms with Crippen LogP contribution in [0.15, 0.2) is 73.1 Å². The Morgan fingerprint density at radius 2 is 1.67 bits per heavy atom. The first-order valence-electron chi connectivity index (χ1n) is 7.68. The van der Waals surface area contributed by atoms with Crippen LogP contribution in [-0.4, -0.2) is 10.5 Å². The highest BCUT2D eigenvalue weighted by atomic mass is 16.1. The first kappa shape index (κ1) is 15.6. The number of nitrogens with zero attached hydrogens (tertiary/aromatic N) is 2. The molecule has 3 aromatic rings. The zero-order valence-electron chi connectivity index (χ0n) is 13.3. The summed E-state index contributed by atoms with van der Waals surface area (Å²) in [7, 11) is 0. The normalized spacial score (nSPS) is 11.5. The summed E-state index contributed by atoms with van der Waals surface area (Å²) in [5, 5.41) is 12.1. The van der Waals surface area contributed by atoms with Crippen LogP contribution in [0.1, 0.15) is 27.5 Å². The molecule has 2 aromatic carbocycles. The van der Waals surface area contributed by atoms with Crippen LogP contribution in [0.2, 0.25) is 0 Å². The molecule has 0 spiro atoms. The molecule has 0 aliphatic heterocycles. The number of rotatable bonds is 4. The smallest absolute Gasteiger partial charge is 0.252 e. The lowest BCUT2D eigenvalue weighted by Gasteiger charge is -2.13.